The summed E-state index contributed by atoms with van der Waals surface area (Å²) in [4.78, 5) is 1.09. The van der Waals surface area contributed by atoms with Crippen molar-refractivity contribution in [3.8, 4) is 0 Å². The predicted molar refractivity (Wildman–Crippen MR) is 85.7 cm³/mol. The molecule has 1 unspecified atom stereocenters. The van der Waals surface area contributed by atoms with Gasteiger partial charge in [-0.05, 0) is 31.9 Å². The Balaban J connectivity index is 3.00. The molecule has 0 aromatic carbocycles. The first-order valence-corrected chi connectivity index (χ1v) is 9.26. The van der Waals surface area contributed by atoms with E-state index in [2.05, 4.69) is 19.2 Å². The molecule has 116 valence electrons. The van der Waals surface area contributed by atoms with Crippen LogP contribution < -0.4 is 5.32 Å². The second kappa shape index (κ2) is 7.02. The van der Waals surface area contributed by atoms with Crippen molar-refractivity contribution < 1.29 is 8.42 Å². The number of nitrogens with zero attached hydrogens (tertiary/aromatic N) is 1. The molecule has 1 heterocycles. The second-order valence-electron chi connectivity index (χ2n) is 5.49. The lowest BCUT2D eigenvalue weighted by atomic mass is 10.3. The van der Waals surface area contributed by atoms with Gasteiger partial charge in [0, 0.05) is 30.6 Å². The van der Waals surface area contributed by atoms with Crippen LogP contribution >= 0.6 is 11.3 Å². The molecule has 0 aliphatic rings. The Hall–Kier alpha value is -0.430. The van der Waals surface area contributed by atoms with Gasteiger partial charge in [0.1, 0.15) is 4.21 Å². The summed E-state index contributed by atoms with van der Waals surface area (Å²) < 4.78 is 27.0. The quantitative estimate of drug-likeness (QED) is 0.841. The Bertz CT molecular complexity index is 535. The molecule has 0 fully saturated rings. The van der Waals surface area contributed by atoms with Crippen LogP contribution in [0.15, 0.2) is 10.3 Å². The van der Waals surface area contributed by atoms with Gasteiger partial charge in [-0.25, -0.2) is 8.42 Å². The van der Waals surface area contributed by atoms with E-state index in [-0.39, 0.29) is 6.04 Å². The summed E-state index contributed by atoms with van der Waals surface area (Å²) in [7, 11) is -1.71. The van der Waals surface area contributed by atoms with Crippen molar-refractivity contribution in [3.63, 3.8) is 0 Å². The molecule has 20 heavy (non-hydrogen) atoms. The van der Waals surface area contributed by atoms with E-state index in [1.807, 2.05) is 20.8 Å². The summed E-state index contributed by atoms with van der Waals surface area (Å²) in [5.74, 6) is 0. The lowest BCUT2D eigenvalue weighted by molar-refractivity contribution is 0.381. The van der Waals surface area contributed by atoms with E-state index in [1.54, 1.807) is 13.1 Å². The Kier molecular flexibility index (Phi) is 6.19. The van der Waals surface area contributed by atoms with Crippen LogP contribution in [0, 0.1) is 6.92 Å². The maximum Gasteiger partial charge on any atom is 0.252 e. The number of hydrogen-bond donors (Lipinski definition) is 1. The molecular formula is C14H26N2O2S2. The molecule has 6 heteroatoms. The zero-order chi connectivity index (χ0) is 15.5. The van der Waals surface area contributed by atoms with Crippen molar-refractivity contribution in [2.24, 2.45) is 0 Å². The summed E-state index contributed by atoms with van der Waals surface area (Å²) in [6.45, 7) is 10.8. The third kappa shape index (κ3) is 4.04. The van der Waals surface area contributed by atoms with Crippen molar-refractivity contribution in [1.29, 1.82) is 0 Å². The summed E-state index contributed by atoms with van der Waals surface area (Å²) in [6.07, 6.45) is 0.807. The highest BCUT2D eigenvalue weighted by molar-refractivity contribution is 7.91. The highest BCUT2D eigenvalue weighted by atomic mass is 32.2. The number of thiophene rings is 1. The zero-order valence-corrected chi connectivity index (χ0v) is 14.9. The Labute approximate surface area is 127 Å². The average Bonchev–Trinajstić information content (AvgIpc) is 2.76. The summed E-state index contributed by atoms with van der Waals surface area (Å²) in [5.41, 5.74) is 1.04. The monoisotopic (exact) mass is 318 g/mol. The Morgan fingerprint density at radius 3 is 2.45 bits per heavy atom. The van der Waals surface area contributed by atoms with E-state index in [0.717, 1.165) is 23.4 Å². The first-order chi connectivity index (χ1) is 9.20. The minimum atomic E-state index is -3.37. The number of aryl methyl sites for hydroxylation is 1. The summed E-state index contributed by atoms with van der Waals surface area (Å²) >= 11 is 1.37. The second-order valence-corrected chi connectivity index (χ2v) is 8.85. The summed E-state index contributed by atoms with van der Waals surface area (Å²) in [6, 6.07) is 2.19. The van der Waals surface area contributed by atoms with Crippen LogP contribution in [-0.4, -0.2) is 31.9 Å². The van der Waals surface area contributed by atoms with E-state index in [1.165, 1.54) is 15.6 Å². The molecule has 0 amide bonds. The maximum atomic E-state index is 12.6. The molecule has 0 bridgehead atoms. The molecule has 0 aliphatic heterocycles. The lowest BCUT2D eigenvalue weighted by Crippen LogP contribution is -2.34. The molecule has 1 aromatic rings. The van der Waals surface area contributed by atoms with Gasteiger partial charge in [0.05, 0.1) is 0 Å². The fraction of sp³-hybridized carbons (Fsp3) is 0.714. The van der Waals surface area contributed by atoms with Gasteiger partial charge in [-0.3, -0.25) is 0 Å². The molecule has 0 radical (unpaired) electrons. The summed E-state index contributed by atoms with van der Waals surface area (Å²) in [5, 5.41) is 3.33. The molecule has 0 aliphatic carbocycles. The van der Waals surface area contributed by atoms with Crippen LogP contribution in [0.3, 0.4) is 0 Å². The number of nitrogens with one attached hydrogen (secondary N) is 1. The van der Waals surface area contributed by atoms with Gasteiger partial charge >= 0.3 is 0 Å². The van der Waals surface area contributed by atoms with Crippen LogP contribution in [0.5, 0.6) is 0 Å². The number of sulfonamides is 1. The van der Waals surface area contributed by atoms with Gasteiger partial charge in [0.25, 0.3) is 10.0 Å². The minimum absolute atomic E-state index is 0.0136. The van der Waals surface area contributed by atoms with E-state index >= 15 is 0 Å². The predicted octanol–water partition coefficient (Wildman–Crippen LogP) is 2.97. The largest absolute Gasteiger partial charge is 0.310 e. The fourth-order valence-electron chi connectivity index (χ4n) is 1.72. The molecular weight excluding hydrogens is 292 g/mol. The van der Waals surface area contributed by atoms with Crippen LogP contribution in [-0.2, 0) is 16.6 Å². The molecule has 1 aromatic heterocycles. The van der Waals surface area contributed by atoms with Crippen molar-refractivity contribution in [1.82, 2.24) is 9.62 Å². The van der Waals surface area contributed by atoms with Gasteiger partial charge < -0.3 is 5.32 Å². The van der Waals surface area contributed by atoms with Crippen LogP contribution in [0.1, 0.15) is 44.6 Å². The molecule has 4 nitrogen and oxygen atoms in total. The molecule has 1 rings (SSSR count). The Morgan fingerprint density at radius 2 is 1.95 bits per heavy atom. The van der Waals surface area contributed by atoms with Crippen LogP contribution in [0.2, 0.25) is 0 Å². The SMILES string of the molecule is CCC(C)N(C)S(=O)(=O)c1cc(C)c(CNC(C)C)s1. The molecule has 0 saturated carbocycles. The first kappa shape index (κ1) is 17.6. The minimum Gasteiger partial charge on any atom is -0.310 e. The Morgan fingerprint density at radius 1 is 1.35 bits per heavy atom. The van der Waals surface area contributed by atoms with Crippen molar-refractivity contribution in [2.75, 3.05) is 7.05 Å². The zero-order valence-electron chi connectivity index (χ0n) is 13.2. The van der Waals surface area contributed by atoms with Crippen molar-refractivity contribution in [2.45, 2.75) is 63.9 Å². The average molecular weight is 319 g/mol. The van der Waals surface area contributed by atoms with Gasteiger partial charge in [0.15, 0.2) is 0 Å². The highest BCUT2D eigenvalue weighted by Crippen LogP contribution is 2.29. The van der Waals surface area contributed by atoms with Crippen molar-refractivity contribution >= 4 is 21.4 Å². The van der Waals surface area contributed by atoms with E-state index in [0.29, 0.717) is 10.3 Å². The van der Waals surface area contributed by atoms with Gasteiger partial charge in [-0.1, -0.05) is 20.8 Å². The topological polar surface area (TPSA) is 49.4 Å². The molecule has 1 N–H and O–H groups in total. The maximum absolute atomic E-state index is 12.6. The van der Waals surface area contributed by atoms with E-state index in [9.17, 15) is 8.42 Å². The van der Waals surface area contributed by atoms with Crippen LogP contribution in [0.25, 0.3) is 0 Å². The van der Waals surface area contributed by atoms with Gasteiger partial charge in [0.2, 0.25) is 0 Å². The normalized spacial score (nSPS) is 14.2. The lowest BCUT2D eigenvalue weighted by Gasteiger charge is -2.22. The van der Waals surface area contributed by atoms with Gasteiger partial charge in [-0.15, -0.1) is 11.3 Å². The smallest absolute Gasteiger partial charge is 0.252 e. The van der Waals surface area contributed by atoms with Crippen LogP contribution in [0.4, 0.5) is 0 Å². The molecule has 1 atom stereocenters. The standard InChI is InChI=1S/C14H26N2O2S2/c1-7-12(5)16(6)20(17,18)14-8-11(4)13(19-14)9-15-10(2)3/h8,10,12,15H,7,9H2,1-6H3. The fourth-order valence-corrected chi connectivity index (χ4v) is 4.89. The molecule has 0 spiro atoms. The number of rotatable bonds is 7. The molecule has 0 saturated heterocycles. The van der Waals surface area contributed by atoms with E-state index < -0.39 is 10.0 Å². The van der Waals surface area contributed by atoms with Gasteiger partial charge in [-0.2, -0.15) is 4.31 Å². The highest BCUT2D eigenvalue weighted by Gasteiger charge is 2.26. The first-order valence-electron chi connectivity index (χ1n) is 7.00. The number of hydrogen-bond acceptors (Lipinski definition) is 4. The third-order valence-electron chi connectivity index (χ3n) is 3.51. The van der Waals surface area contributed by atoms with Crippen molar-refractivity contribution in [3.05, 3.63) is 16.5 Å². The third-order valence-corrected chi connectivity index (χ3v) is 7.17. The van der Waals surface area contributed by atoms with E-state index in [4.69, 9.17) is 0 Å².